The number of carbonyl (C=O) groups excluding carboxylic acids is 2. The van der Waals surface area contributed by atoms with Crippen molar-refractivity contribution in [1.82, 2.24) is 0 Å². The fourth-order valence-corrected chi connectivity index (χ4v) is 10.5. The van der Waals surface area contributed by atoms with E-state index in [1.807, 2.05) is 19.9 Å². The van der Waals surface area contributed by atoms with Gasteiger partial charge in [-0.1, -0.05) is 66.2 Å². The Morgan fingerprint density at radius 2 is 1.70 bits per heavy atom. The second kappa shape index (κ2) is 7.81. The van der Waals surface area contributed by atoms with Crippen LogP contribution < -0.4 is 0 Å². The van der Waals surface area contributed by atoms with Gasteiger partial charge in [-0.3, -0.25) is 9.59 Å². The number of nitriles is 1. The second-order valence-electron chi connectivity index (χ2n) is 15.1. The Labute approximate surface area is 222 Å². The van der Waals surface area contributed by atoms with Crippen molar-refractivity contribution in [3.05, 3.63) is 23.3 Å². The molecule has 1 N–H and O–H groups in total. The molecule has 0 amide bonds. The molecule has 0 saturated heterocycles. The summed E-state index contributed by atoms with van der Waals surface area (Å²) in [5.41, 5.74) is -0.536. The van der Waals surface area contributed by atoms with E-state index in [0.717, 1.165) is 44.9 Å². The Morgan fingerprint density at radius 3 is 2.32 bits per heavy atom. The summed E-state index contributed by atoms with van der Waals surface area (Å²) < 4.78 is 5.44. The third-order valence-electron chi connectivity index (χ3n) is 12.6. The minimum atomic E-state index is -0.688. The molecule has 0 aromatic heterocycles. The van der Waals surface area contributed by atoms with Crippen LogP contribution in [-0.2, 0) is 14.3 Å². The van der Waals surface area contributed by atoms with Crippen LogP contribution in [0.3, 0.4) is 0 Å². The Balaban J connectivity index is 1.70. The minimum absolute atomic E-state index is 0.0483. The number of ether oxygens (including phenoxy) is 1. The van der Waals surface area contributed by atoms with Crippen molar-refractivity contribution in [3.63, 3.8) is 0 Å². The molecule has 3 saturated carbocycles. The van der Waals surface area contributed by atoms with E-state index in [0.29, 0.717) is 0 Å². The molecule has 5 rings (SSSR count). The van der Waals surface area contributed by atoms with Crippen LogP contribution in [0.15, 0.2) is 23.3 Å². The van der Waals surface area contributed by atoms with Crippen molar-refractivity contribution in [2.75, 3.05) is 7.11 Å². The van der Waals surface area contributed by atoms with Crippen molar-refractivity contribution in [1.29, 1.82) is 5.26 Å². The maximum absolute atomic E-state index is 13.4. The summed E-state index contributed by atoms with van der Waals surface area (Å²) in [4.78, 5) is 26.6. The predicted molar refractivity (Wildman–Crippen MR) is 142 cm³/mol. The molecular weight excluding hydrogens is 462 g/mol. The topological polar surface area (TPSA) is 87.4 Å². The summed E-state index contributed by atoms with van der Waals surface area (Å²) in [5.74, 6) is -0.0969. The third kappa shape index (κ3) is 3.17. The van der Waals surface area contributed by atoms with E-state index in [1.54, 1.807) is 0 Å². The van der Waals surface area contributed by atoms with E-state index >= 15 is 0 Å². The Bertz CT molecular complexity index is 1160. The molecule has 3 fully saturated rings. The summed E-state index contributed by atoms with van der Waals surface area (Å²) in [6.07, 6.45) is 9.50. The average molecular weight is 508 g/mol. The summed E-state index contributed by atoms with van der Waals surface area (Å²) in [6.45, 7) is 15.5. The molecule has 0 aromatic carbocycles. The lowest BCUT2D eigenvalue weighted by Crippen LogP contribution is -2.66. The maximum Gasteiger partial charge on any atom is 0.312 e. The fourth-order valence-electron chi connectivity index (χ4n) is 10.5. The molecule has 5 aliphatic carbocycles. The first-order valence-electron chi connectivity index (χ1n) is 14.2. The molecule has 0 spiro atoms. The van der Waals surface area contributed by atoms with Crippen LogP contribution in [-0.4, -0.2) is 30.1 Å². The van der Waals surface area contributed by atoms with E-state index < -0.39 is 22.3 Å². The summed E-state index contributed by atoms with van der Waals surface area (Å²) in [7, 11) is 1.51. The van der Waals surface area contributed by atoms with Crippen LogP contribution in [0.25, 0.3) is 0 Å². The van der Waals surface area contributed by atoms with Crippen LogP contribution >= 0.6 is 0 Å². The van der Waals surface area contributed by atoms with E-state index in [2.05, 4.69) is 46.8 Å². The van der Waals surface area contributed by atoms with E-state index in [1.165, 1.54) is 12.7 Å². The van der Waals surface area contributed by atoms with Gasteiger partial charge in [-0.15, -0.1) is 0 Å². The van der Waals surface area contributed by atoms with Gasteiger partial charge in [0.25, 0.3) is 0 Å². The van der Waals surface area contributed by atoms with Gasteiger partial charge >= 0.3 is 5.97 Å². The zero-order valence-corrected chi connectivity index (χ0v) is 24.0. The van der Waals surface area contributed by atoms with Crippen molar-refractivity contribution in [2.24, 2.45) is 50.2 Å². The van der Waals surface area contributed by atoms with Crippen LogP contribution in [0.4, 0.5) is 0 Å². The van der Waals surface area contributed by atoms with Crippen molar-refractivity contribution in [3.8, 4) is 6.07 Å². The number of allylic oxidation sites excluding steroid dienone is 3. The lowest BCUT2D eigenvalue weighted by Gasteiger charge is -2.70. The number of Topliss-reactive ketones (excluding diaryl/α,β-unsaturated/α-hetero) is 1. The Hall–Kier alpha value is -1.93. The number of nitrogens with zero attached hydrogens (tertiary/aromatic N) is 1. The molecular formula is C32H45NO4. The molecule has 5 heteroatoms. The highest BCUT2D eigenvalue weighted by molar-refractivity contribution is 6.04. The number of methoxy groups -OCH3 is 1. The molecule has 0 aromatic rings. The highest BCUT2D eigenvalue weighted by atomic mass is 16.5. The smallest absolute Gasteiger partial charge is 0.312 e. The zero-order chi connectivity index (χ0) is 27.4. The highest BCUT2D eigenvalue weighted by Crippen LogP contribution is 2.75. The third-order valence-corrected chi connectivity index (χ3v) is 12.6. The van der Waals surface area contributed by atoms with Gasteiger partial charge in [0.05, 0.1) is 24.2 Å². The van der Waals surface area contributed by atoms with E-state index in [9.17, 15) is 20.0 Å². The lowest BCUT2D eigenvalue weighted by atomic mass is 9.34. The average Bonchev–Trinajstić information content (AvgIpc) is 2.82. The number of aliphatic hydroxyl groups excluding tert-OH is 1. The summed E-state index contributed by atoms with van der Waals surface area (Å²) in [6, 6.07) is 2.19. The normalized spacial score (nSPS) is 47.6. The Morgan fingerprint density at radius 1 is 1.05 bits per heavy atom. The summed E-state index contributed by atoms with van der Waals surface area (Å²) >= 11 is 0. The standard InChI is InChI=1S/C32H45NO4/c1-27(2)11-13-32(26(36)37-8)14-12-31(7)24(20(32)17-27)21(34)15-23-29(5)16-19(18-33)25(35)28(3,4)22(29)9-10-30(23,31)6/h15-16,20-22,24,34H,9-14,17H2,1-8H3/t20?,21?,22?,24?,29-,30+,31+,32-/m0/s1. The zero-order valence-electron chi connectivity index (χ0n) is 24.0. The molecule has 4 unspecified atom stereocenters. The highest BCUT2D eigenvalue weighted by Gasteiger charge is 2.70. The van der Waals surface area contributed by atoms with Crippen LogP contribution in [0.1, 0.15) is 93.4 Å². The SMILES string of the molecule is COC(=O)[C@]12CCC(C)(C)CC1C1C(O)C=C3[C@@]4(C)C=C(C#N)C(=O)C(C)(C)C4CC[C@@]3(C)[C@]1(C)CC2. The van der Waals surface area contributed by atoms with Gasteiger partial charge in [-0.2, -0.15) is 5.26 Å². The van der Waals surface area contributed by atoms with Crippen molar-refractivity contribution in [2.45, 2.75) is 99.5 Å². The first kappa shape index (κ1) is 26.7. The predicted octanol–water partition coefficient (Wildman–Crippen LogP) is 6.17. The van der Waals surface area contributed by atoms with Gasteiger partial charge in [0, 0.05) is 10.8 Å². The van der Waals surface area contributed by atoms with Crippen molar-refractivity contribution < 1.29 is 19.4 Å². The number of carbonyl (C=O) groups is 2. The monoisotopic (exact) mass is 507 g/mol. The fraction of sp³-hybridized carbons (Fsp3) is 0.781. The number of esters is 1. The number of hydrogen-bond acceptors (Lipinski definition) is 5. The lowest BCUT2D eigenvalue weighted by molar-refractivity contribution is -0.203. The first-order chi connectivity index (χ1) is 17.0. The largest absolute Gasteiger partial charge is 0.469 e. The van der Waals surface area contributed by atoms with Gasteiger partial charge in [-0.05, 0) is 78.9 Å². The van der Waals surface area contributed by atoms with E-state index in [4.69, 9.17) is 4.74 Å². The van der Waals surface area contributed by atoms with Gasteiger partial charge in [0.15, 0.2) is 5.78 Å². The molecule has 202 valence electrons. The van der Waals surface area contributed by atoms with Crippen LogP contribution in [0, 0.1) is 61.6 Å². The molecule has 8 atom stereocenters. The molecule has 0 bridgehead atoms. The number of rotatable bonds is 1. The molecule has 37 heavy (non-hydrogen) atoms. The molecule has 0 radical (unpaired) electrons. The van der Waals surface area contributed by atoms with Gasteiger partial charge in [-0.25, -0.2) is 0 Å². The van der Waals surface area contributed by atoms with Crippen LogP contribution in [0.5, 0.6) is 0 Å². The first-order valence-corrected chi connectivity index (χ1v) is 14.2. The van der Waals surface area contributed by atoms with E-state index in [-0.39, 0.29) is 51.3 Å². The molecule has 5 aliphatic rings. The minimum Gasteiger partial charge on any atom is -0.469 e. The molecule has 0 heterocycles. The number of fused-ring (bicyclic) bond motifs is 7. The number of ketones is 1. The van der Waals surface area contributed by atoms with Gasteiger partial charge in [0.2, 0.25) is 0 Å². The molecule has 0 aliphatic heterocycles. The Kier molecular flexibility index (Phi) is 5.63. The summed E-state index contributed by atoms with van der Waals surface area (Å²) in [5, 5.41) is 21.9. The maximum atomic E-state index is 13.4. The number of aliphatic hydroxyl groups is 1. The molecule has 5 nitrogen and oxygen atoms in total. The van der Waals surface area contributed by atoms with Gasteiger partial charge < -0.3 is 9.84 Å². The quantitative estimate of drug-likeness (QED) is 0.339. The number of hydrogen-bond donors (Lipinski definition) is 1. The van der Waals surface area contributed by atoms with Crippen LogP contribution in [0.2, 0.25) is 0 Å². The second-order valence-corrected chi connectivity index (χ2v) is 15.1. The van der Waals surface area contributed by atoms with Gasteiger partial charge in [0.1, 0.15) is 6.07 Å². The van der Waals surface area contributed by atoms with Crippen molar-refractivity contribution >= 4 is 11.8 Å².